The summed E-state index contributed by atoms with van der Waals surface area (Å²) < 4.78 is 15.6. The van der Waals surface area contributed by atoms with E-state index in [1.807, 2.05) is 0 Å². The molecule has 124 valence electrons. The Morgan fingerprint density at radius 3 is 2.79 bits per heavy atom. The molecule has 0 amide bonds. The van der Waals surface area contributed by atoms with E-state index in [1.165, 1.54) is 11.8 Å². The van der Waals surface area contributed by atoms with Crippen LogP contribution in [0.1, 0.15) is 28.9 Å². The van der Waals surface area contributed by atoms with Gasteiger partial charge in [-0.1, -0.05) is 37.4 Å². The van der Waals surface area contributed by atoms with Gasteiger partial charge in [-0.2, -0.15) is 0 Å². The van der Waals surface area contributed by atoms with E-state index in [4.69, 9.17) is 11.6 Å². The van der Waals surface area contributed by atoms with Crippen LogP contribution < -0.4 is 5.32 Å². The van der Waals surface area contributed by atoms with E-state index in [-0.39, 0.29) is 5.02 Å². The van der Waals surface area contributed by atoms with Crippen LogP contribution in [-0.2, 0) is 13.0 Å². The first kappa shape index (κ1) is 16.6. The molecule has 1 aromatic heterocycles. The molecule has 2 nitrogen and oxygen atoms in total. The first-order chi connectivity index (χ1) is 11.4. The van der Waals surface area contributed by atoms with Crippen LogP contribution >= 0.6 is 11.6 Å². The van der Waals surface area contributed by atoms with Crippen molar-refractivity contribution in [3.63, 3.8) is 0 Å². The second kappa shape index (κ2) is 6.33. The predicted molar refractivity (Wildman–Crippen MR) is 101 cm³/mol. The lowest BCUT2D eigenvalue weighted by Crippen LogP contribution is -2.06. The van der Waals surface area contributed by atoms with Crippen LogP contribution in [-0.4, -0.2) is 4.57 Å². The van der Waals surface area contributed by atoms with Gasteiger partial charge in [0, 0.05) is 23.5 Å². The zero-order valence-electron chi connectivity index (χ0n) is 13.8. The number of hydrogen-bond donors (Lipinski definition) is 1. The van der Waals surface area contributed by atoms with Gasteiger partial charge in [0.25, 0.3) is 0 Å². The van der Waals surface area contributed by atoms with E-state index >= 15 is 0 Å². The van der Waals surface area contributed by atoms with Gasteiger partial charge in [0.1, 0.15) is 5.82 Å². The minimum Gasteiger partial charge on any atom is -0.354 e. The number of benzene rings is 1. The molecule has 0 aliphatic carbocycles. The van der Waals surface area contributed by atoms with Crippen molar-refractivity contribution in [2.24, 2.45) is 0 Å². The van der Waals surface area contributed by atoms with E-state index in [9.17, 15) is 4.39 Å². The van der Waals surface area contributed by atoms with Gasteiger partial charge < -0.3 is 9.88 Å². The van der Waals surface area contributed by atoms with E-state index < -0.39 is 5.82 Å². The summed E-state index contributed by atoms with van der Waals surface area (Å²) in [6.45, 7) is 15.2. The van der Waals surface area contributed by atoms with Gasteiger partial charge in [0.2, 0.25) is 0 Å². The molecule has 0 atom stereocenters. The summed E-state index contributed by atoms with van der Waals surface area (Å²) in [6, 6.07) is 4.56. The largest absolute Gasteiger partial charge is 0.354 e. The number of nitrogens with one attached hydrogen (secondary N) is 1. The van der Waals surface area contributed by atoms with Crippen molar-refractivity contribution in [1.29, 1.82) is 0 Å². The van der Waals surface area contributed by atoms with Crippen molar-refractivity contribution in [3.05, 3.63) is 77.4 Å². The molecular formula is C20H20ClFN2. The minimum atomic E-state index is -0.433. The molecular weight excluding hydrogens is 323 g/mol. The minimum absolute atomic E-state index is 0.0886. The predicted octanol–water partition coefficient (Wildman–Crippen LogP) is 5.82. The summed E-state index contributed by atoms with van der Waals surface area (Å²) in [5.41, 5.74) is 7.05. The summed E-state index contributed by atoms with van der Waals surface area (Å²) in [5, 5.41) is 3.33. The van der Waals surface area contributed by atoms with Gasteiger partial charge >= 0.3 is 0 Å². The lowest BCUT2D eigenvalue weighted by molar-refractivity contribution is 0.628. The summed E-state index contributed by atoms with van der Waals surface area (Å²) in [5.74, 6) is -0.433. The van der Waals surface area contributed by atoms with E-state index in [2.05, 4.69) is 36.5 Å². The number of anilines is 1. The topological polar surface area (TPSA) is 17.0 Å². The summed E-state index contributed by atoms with van der Waals surface area (Å²) in [4.78, 5) is 0. The maximum Gasteiger partial charge on any atom is 0.141 e. The molecule has 2 aromatic rings. The highest BCUT2D eigenvalue weighted by Crippen LogP contribution is 2.36. The molecule has 1 aliphatic heterocycles. The molecule has 0 unspecified atom stereocenters. The number of nitrogens with zero attached hydrogens (tertiary/aromatic N) is 1. The first-order valence-corrected chi connectivity index (χ1v) is 8.26. The molecule has 0 saturated heterocycles. The van der Waals surface area contributed by atoms with Crippen LogP contribution in [0.5, 0.6) is 0 Å². The number of rotatable bonds is 5. The van der Waals surface area contributed by atoms with Crippen molar-refractivity contribution in [1.82, 2.24) is 4.57 Å². The van der Waals surface area contributed by atoms with Crippen LogP contribution in [0.25, 0.3) is 11.3 Å². The highest BCUT2D eigenvalue weighted by molar-refractivity contribution is 6.31. The second-order valence-corrected chi connectivity index (χ2v) is 6.42. The molecule has 3 rings (SSSR count). The van der Waals surface area contributed by atoms with Gasteiger partial charge in [-0.3, -0.25) is 0 Å². The summed E-state index contributed by atoms with van der Waals surface area (Å²) in [6.07, 6.45) is 3.93. The van der Waals surface area contributed by atoms with Crippen molar-refractivity contribution in [2.45, 2.75) is 26.3 Å². The van der Waals surface area contributed by atoms with Crippen LogP contribution in [0.4, 0.5) is 10.1 Å². The maximum absolute atomic E-state index is 13.3. The Bertz CT molecular complexity index is 861. The van der Waals surface area contributed by atoms with Gasteiger partial charge in [-0.25, -0.2) is 4.39 Å². The SMILES string of the molecule is C=CC(=C)c1c(C)c(C(=C)Nc2ccc(F)c(Cl)c2)n2c1CCC2. The van der Waals surface area contributed by atoms with Crippen molar-refractivity contribution in [2.75, 3.05) is 5.32 Å². The van der Waals surface area contributed by atoms with E-state index in [1.54, 1.807) is 18.2 Å². The lowest BCUT2D eigenvalue weighted by atomic mass is 10.00. The van der Waals surface area contributed by atoms with Crippen LogP contribution in [0.2, 0.25) is 5.02 Å². The number of hydrogen-bond acceptors (Lipinski definition) is 1. The maximum atomic E-state index is 13.3. The van der Waals surface area contributed by atoms with Crippen LogP contribution in [0, 0.1) is 12.7 Å². The van der Waals surface area contributed by atoms with Gasteiger partial charge in [-0.05, 0) is 49.1 Å². The average Bonchev–Trinajstić information content (AvgIpc) is 3.09. The fourth-order valence-electron chi connectivity index (χ4n) is 3.44. The fourth-order valence-corrected chi connectivity index (χ4v) is 3.62. The smallest absolute Gasteiger partial charge is 0.141 e. The average molecular weight is 343 g/mol. The summed E-state index contributed by atoms with van der Waals surface area (Å²) >= 11 is 5.86. The standard InChI is InChI=1S/C20H20ClFN2/c1-5-12(2)19-13(3)20(24-10-6-7-18(19)24)14(4)23-15-8-9-17(22)16(21)11-15/h5,8-9,11,23H,1-2,4,6-7,10H2,3H3. The molecule has 0 bridgehead atoms. The zero-order chi connectivity index (χ0) is 17.4. The Hall–Kier alpha value is -2.26. The van der Waals surface area contributed by atoms with E-state index in [0.29, 0.717) is 5.69 Å². The van der Waals surface area contributed by atoms with Gasteiger partial charge in [0.15, 0.2) is 0 Å². The molecule has 1 aromatic carbocycles. The van der Waals surface area contributed by atoms with E-state index in [0.717, 1.165) is 47.5 Å². The highest BCUT2D eigenvalue weighted by atomic mass is 35.5. The molecule has 0 fully saturated rings. The van der Waals surface area contributed by atoms with Gasteiger partial charge in [-0.15, -0.1) is 0 Å². The monoisotopic (exact) mass is 342 g/mol. The third-order valence-electron chi connectivity index (χ3n) is 4.48. The van der Waals surface area contributed by atoms with Crippen molar-refractivity contribution in [3.8, 4) is 0 Å². The number of aromatic nitrogens is 1. The molecule has 0 saturated carbocycles. The molecule has 24 heavy (non-hydrogen) atoms. The third kappa shape index (κ3) is 2.69. The van der Waals surface area contributed by atoms with Crippen molar-refractivity contribution >= 4 is 28.6 Å². The zero-order valence-corrected chi connectivity index (χ0v) is 14.5. The number of fused-ring (bicyclic) bond motifs is 1. The molecule has 0 spiro atoms. The number of allylic oxidation sites excluding steroid dienone is 2. The third-order valence-corrected chi connectivity index (χ3v) is 4.77. The van der Waals surface area contributed by atoms with Crippen molar-refractivity contribution < 1.29 is 4.39 Å². The summed E-state index contributed by atoms with van der Waals surface area (Å²) in [7, 11) is 0. The van der Waals surface area contributed by atoms with Gasteiger partial charge in [0.05, 0.1) is 16.4 Å². The lowest BCUT2D eigenvalue weighted by Gasteiger charge is -2.14. The Kier molecular flexibility index (Phi) is 4.37. The molecule has 2 heterocycles. The molecule has 1 N–H and O–H groups in total. The highest BCUT2D eigenvalue weighted by Gasteiger charge is 2.25. The normalized spacial score (nSPS) is 12.8. The molecule has 0 radical (unpaired) electrons. The quantitative estimate of drug-likeness (QED) is 0.678. The fraction of sp³-hybridized carbons (Fsp3) is 0.200. The Balaban J connectivity index is 2.00. The molecule has 1 aliphatic rings. The number of halogens is 2. The Morgan fingerprint density at radius 1 is 1.38 bits per heavy atom. The Labute approximate surface area is 147 Å². The Morgan fingerprint density at radius 2 is 2.12 bits per heavy atom. The first-order valence-electron chi connectivity index (χ1n) is 7.89. The molecule has 4 heteroatoms. The van der Waals surface area contributed by atoms with Crippen LogP contribution in [0.3, 0.4) is 0 Å². The van der Waals surface area contributed by atoms with Crippen LogP contribution in [0.15, 0.2) is 44.0 Å². The second-order valence-electron chi connectivity index (χ2n) is 6.01.